The van der Waals surface area contributed by atoms with Crippen molar-refractivity contribution in [3.8, 4) is 5.75 Å². The van der Waals surface area contributed by atoms with Gasteiger partial charge in [-0.15, -0.1) is 0 Å². The van der Waals surface area contributed by atoms with Gasteiger partial charge in [-0.05, 0) is 31.2 Å². The van der Waals surface area contributed by atoms with E-state index in [1.807, 2.05) is 0 Å². The monoisotopic (exact) mass is 263 g/mol. The standard InChI is InChI=1S/C14H17NO4/c1-10(16)3-6-12(17)9-15-14(18)11-4-7-13(19-2)8-5-11/h4-5,7-8H,3,6,9H2,1-2H3,(H,15,18). The van der Waals surface area contributed by atoms with Crippen LogP contribution in [0.15, 0.2) is 24.3 Å². The molecule has 5 heteroatoms. The number of carbonyl (C=O) groups excluding carboxylic acids is 3. The number of rotatable bonds is 7. The third-order valence-electron chi connectivity index (χ3n) is 2.55. The Morgan fingerprint density at radius 3 is 2.26 bits per heavy atom. The first-order valence-electron chi connectivity index (χ1n) is 5.96. The van der Waals surface area contributed by atoms with Crippen LogP contribution in [0.5, 0.6) is 5.75 Å². The van der Waals surface area contributed by atoms with E-state index in [1.165, 1.54) is 6.92 Å². The van der Waals surface area contributed by atoms with Crippen LogP contribution >= 0.6 is 0 Å². The summed E-state index contributed by atoms with van der Waals surface area (Å²) >= 11 is 0. The lowest BCUT2D eigenvalue weighted by molar-refractivity contribution is -0.122. The predicted octanol–water partition coefficient (Wildman–Crippen LogP) is 1.36. The highest BCUT2D eigenvalue weighted by molar-refractivity contribution is 5.97. The highest BCUT2D eigenvalue weighted by atomic mass is 16.5. The molecular weight excluding hydrogens is 246 g/mol. The molecule has 1 amide bonds. The highest BCUT2D eigenvalue weighted by Gasteiger charge is 2.08. The molecule has 0 aliphatic rings. The van der Waals surface area contributed by atoms with E-state index in [9.17, 15) is 14.4 Å². The number of benzene rings is 1. The molecule has 0 bridgehead atoms. The fourth-order valence-electron chi connectivity index (χ4n) is 1.43. The molecule has 5 nitrogen and oxygen atoms in total. The van der Waals surface area contributed by atoms with Gasteiger partial charge in [-0.25, -0.2) is 0 Å². The number of ketones is 2. The molecule has 0 saturated carbocycles. The van der Waals surface area contributed by atoms with Gasteiger partial charge in [0.15, 0.2) is 5.78 Å². The Morgan fingerprint density at radius 1 is 1.11 bits per heavy atom. The van der Waals surface area contributed by atoms with Crippen molar-refractivity contribution in [3.05, 3.63) is 29.8 Å². The van der Waals surface area contributed by atoms with Gasteiger partial charge in [0, 0.05) is 18.4 Å². The molecule has 0 aliphatic carbocycles. The lowest BCUT2D eigenvalue weighted by Gasteiger charge is -2.05. The van der Waals surface area contributed by atoms with Gasteiger partial charge in [0.2, 0.25) is 0 Å². The number of ether oxygens (including phenoxy) is 1. The van der Waals surface area contributed by atoms with E-state index in [1.54, 1.807) is 31.4 Å². The summed E-state index contributed by atoms with van der Waals surface area (Å²) in [6, 6.07) is 6.58. The molecule has 19 heavy (non-hydrogen) atoms. The second kappa shape index (κ2) is 7.31. The smallest absolute Gasteiger partial charge is 0.251 e. The van der Waals surface area contributed by atoms with Gasteiger partial charge in [-0.2, -0.15) is 0 Å². The third kappa shape index (κ3) is 5.33. The lowest BCUT2D eigenvalue weighted by atomic mass is 10.1. The van der Waals surface area contributed by atoms with Crippen molar-refractivity contribution >= 4 is 17.5 Å². The fraction of sp³-hybridized carbons (Fsp3) is 0.357. The zero-order valence-corrected chi connectivity index (χ0v) is 11.1. The normalized spacial score (nSPS) is 9.79. The van der Waals surface area contributed by atoms with E-state index in [2.05, 4.69) is 5.32 Å². The van der Waals surface area contributed by atoms with E-state index in [4.69, 9.17) is 4.74 Å². The zero-order valence-electron chi connectivity index (χ0n) is 11.1. The first kappa shape index (κ1) is 14.9. The molecular formula is C14H17NO4. The Labute approximate surface area is 111 Å². The molecule has 0 fully saturated rings. The van der Waals surface area contributed by atoms with Gasteiger partial charge < -0.3 is 14.8 Å². The summed E-state index contributed by atoms with van der Waals surface area (Å²) in [4.78, 5) is 33.8. The van der Waals surface area contributed by atoms with Gasteiger partial charge in [0.05, 0.1) is 13.7 Å². The summed E-state index contributed by atoms with van der Waals surface area (Å²) < 4.78 is 4.98. The molecule has 1 aromatic carbocycles. The average Bonchev–Trinajstić information content (AvgIpc) is 2.42. The van der Waals surface area contributed by atoms with E-state index in [0.29, 0.717) is 11.3 Å². The van der Waals surface area contributed by atoms with E-state index >= 15 is 0 Å². The maximum absolute atomic E-state index is 11.7. The largest absolute Gasteiger partial charge is 0.497 e. The van der Waals surface area contributed by atoms with Crippen LogP contribution in [-0.2, 0) is 9.59 Å². The van der Waals surface area contributed by atoms with Crippen LogP contribution in [0, 0.1) is 0 Å². The van der Waals surface area contributed by atoms with Crippen molar-refractivity contribution in [1.29, 1.82) is 0 Å². The minimum absolute atomic E-state index is 0.0326. The maximum Gasteiger partial charge on any atom is 0.251 e. The minimum Gasteiger partial charge on any atom is -0.497 e. The SMILES string of the molecule is COc1ccc(C(=O)NCC(=O)CCC(C)=O)cc1. The predicted molar refractivity (Wildman–Crippen MR) is 70.2 cm³/mol. The molecule has 1 N–H and O–H groups in total. The van der Waals surface area contributed by atoms with Crippen LogP contribution in [-0.4, -0.2) is 31.1 Å². The van der Waals surface area contributed by atoms with Crippen molar-refractivity contribution in [2.75, 3.05) is 13.7 Å². The molecule has 0 heterocycles. The first-order valence-corrected chi connectivity index (χ1v) is 5.96. The van der Waals surface area contributed by atoms with Crippen molar-refractivity contribution < 1.29 is 19.1 Å². The van der Waals surface area contributed by atoms with Crippen molar-refractivity contribution in [2.45, 2.75) is 19.8 Å². The number of hydrogen-bond acceptors (Lipinski definition) is 4. The van der Waals surface area contributed by atoms with E-state index in [-0.39, 0.29) is 36.9 Å². The summed E-state index contributed by atoms with van der Waals surface area (Å²) in [5, 5.41) is 2.52. The Morgan fingerprint density at radius 2 is 1.74 bits per heavy atom. The van der Waals surface area contributed by atoms with Gasteiger partial charge >= 0.3 is 0 Å². The van der Waals surface area contributed by atoms with Crippen LogP contribution in [0.1, 0.15) is 30.1 Å². The maximum atomic E-state index is 11.7. The fourth-order valence-corrected chi connectivity index (χ4v) is 1.43. The molecule has 0 aliphatic heterocycles. The molecule has 1 aromatic rings. The van der Waals surface area contributed by atoms with Crippen LogP contribution in [0.3, 0.4) is 0 Å². The third-order valence-corrected chi connectivity index (χ3v) is 2.55. The second-order valence-electron chi connectivity index (χ2n) is 4.15. The van der Waals surface area contributed by atoms with Crippen LogP contribution in [0.4, 0.5) is 0 Å². The highest BCUT2D eigenvalue weighted by Crippen LogP contribution is 2.10. The Kier molecular flexibility index (Phi) is 5.73. The van der Waals surface area contributed by atoms with E-state index in [0.717, 1.165) is 0 Å². The Bertz CT molecular complexity index is 465. The van der Waals surface area contributed by atoms with Crippen molar-refractivity contribution in [2.24, 2.45) is 0 Å². The molecule has 102 valence electrons. The molecule has 0 aromatic heterocycles. The van der Waals surface area contributed by atoms with Gasteiger partial charge in [-0.3, -0.25) is 9.59 Å². The number of Topliss-reactive ketones (excluding diaryl/α,β-unsaturated/α-hetero) is 2. The summed E-state index contributed by atoms with van der Waals surface area (Å²) in [6.45, 7) is 1.38. The summed E-state index contributed by atoms with van der Waals surface area (Å²) in [6.07, 6.45) is 0.384. The van der Waals surface area contributed by atoms with Crippen LogP contribution in [0.2, 0.25) is 0 Å². The number of amides is 1. The molecule has 0 unspecified atom stereocenters. The molecule has 0 saturated heterocycles. The topological polar surface area (TPSA) is 72.5 Å². The van der Waals surface area contributed by atoms with Crippen LogP contribution in [0.25, 0.3) is 0 Å². The molecule has 0 radical (unpaired) electrons. The zero-order chi connectivity index (χ0) is 14.3. The average molecular weight is 263 g/mol. The minimum atomic E-state index is -0.321. The number of carbonyl (C=O) groups is 3. The van der Waals surface area contributed by atoms with Crippen LogP contribution < -0.4 is 10.1 Å². The van der Waals surface area contributed by atoms with Crippen molar-refractivity contribution in [1.82, 2.24) is 5.32 Å². The quantitative estimate of drug-likeness (QED) is 0.806. The molecule has 0 atom stereocenters. The van der Waals surface area contributed by atoms with Gasteiger partial charge in [-0.1, -0.05) is 0 Å². The van der Waals surface area contributed by atoms with Crippen molar-refractivity contribution in [3.63, 3.8) is 0 Å². The number of nitrogens with one attached hydrogen (secondary N) is 1. The first-order chi connectivity index (χ1) is 9.02. The number of hydrogen-bond donors (Lipinski definition) is 1. The second-order valence-corrected chi connectivity index (χ2v) is 4.15. The van der Waals surface area contributed by atoms with E-state index < -0.39 is 0 Å². The Balaban J connectivity index is 2.42. The Hall–Kier alpha value is -2.17. The summed E-state index contributed by atoms with van der Waals surface area (Å²) in [5.74, 6) is 0.153. The lowest BCUT2D eigenvalue weighted by Crippen LogP contribution is -2.29. The summed E-state index contributed by atoms with van der Waals surface area (Å²) in [5.41, 5.74) is 0.458. The molecule has 1 rings (SSSR count). The van der Waals surface area contributed by atoms with Gasteiger partial charge in [0.25, 0.3) is 5.91 Å². The molecule has 0 spiro atoms. The number of methoxy groups -OCH3 is 1. The summed E-state index contributed by atoms with van der Waals surface area (Å²) in [7, 11) is 1.54. The van der Waals surface area contributed by atoms with Gasteiger partial charge in [0.1, 0.15) is 11.5 Å².